The van der Waals surface area contributed by atoms with Crippen LogP contribution in [-0.4, -0.2) is 33.9 Å². The molecule has 164 valence electrons. The van der Waals surface area contributed by atoms with Gasteiger partial charge in [-0.05, 0) is 68.8 Å². The molecule has 0 saturated heterocycles. The molecule has 0 atom stereocenters. The Labute approximate surface area is 176 Å². The van der Waals surface area contributed by atoms with Crippen LogP contribution in [0.5, 0.6) is 11.5 Å². The van der Waals surface area contributed by atoms with Crippen LogP contribution < -0.4 is 10.1 Å². The van der Waals surface area contributed by atoms with Gasteiger partial charge in [-0.15, -0.1) is 13.2 Å². The number of hydrogen-bond acceptors (Lipinski definition) is 4. The molecule has 1 aromatic heterocycles. The lowest BCUT2D eigenvalue weighted by Crippen LogP contribution is -2.31. The summed E-state index contributed by atoms with van der Waals surface area (Å²) in [6, 6.07) is 8.98. The van der Waals surface area contributed by atoms with Crippen LogP contribution in [0.2, 0.25) is 0 Å². The Morgan fingerprint density at radius 2 is 1.77 bits per heavy atom. The fourth-order valence-corrected chi connectivity index (χ4v) is 3.42. The first-order chi connectivity index (χ1) is 14.5. The van der Waals surface area contributed by atoms with Crippen LogP contribution in [-0.2, 0) is 11.2 Å². The molecule has 1 heterocycles. The Morgan fingerprint density at radius 3 is 2.35 bits per heavy atom. The SMILES string of the molecule is Cc1c(CC(=O)NC(C)C)c2cc(O)ccc2n1C(=O)c1ccc(OC(F)(F)F)cc1. The van der Waals surface area contributed by atoms with Crippen LogP contribution in [0.15, 0.2) is 42.5 Å². The van der Waals surface area contributed by atoms with E-state index >= 15 is 0 Å². The van der Waals surface area contributed by atoms with Gasteiger partial charge in [0.25, 0.3) is 5.91 Å². The molecule has 6 nitrogen and oxygen atoms in total. The van der Waals surface area contributed by atoms with E-state index < -0.39 is 18.0 Å². The van der Waals surface area contributed by atoms with Gasteiger partial charge in [-0.3, -0.25) is 14.2 Å². The summed E-state index contributed by atoms with van der Waals surface area (Å²) in [5.74, 6) is -1.17. The van der Waals surface area contributed by atoms with Crippen molar-refractivity contribution >= 4 is 22.7 Å². The van der Waals surface area contributed by atoms with Crippen LogP contribution in [0.25, 0.3) is 10.9 Å². The number of fused-ring (bicyclic) bond motifs is 1. The third-order valence-corrected chi connectivity index (χ3v) is 4.64. The van der Waals surface area contributed by atoms with Crippen molar-refractivity contribution < 1.29 is 32.6 Å². The molecule has 31 heavy (non-hydrogen) atoms. The second-order valence-corrected chi connectivity index (χ2v) is 7.38. The van der Waals surface area contributed by atoms with E-state index in [1.807, 2.05) is 13.8 Å². The highest BCUT2D eigenvalue weighted by Gasteiger charge is 2.31. The Balaban J connectivity index is 2.02. The van der Waals surface area contributed by atoms with Gasteiger partial charge in [-0.1, -0.05) is 0 Å². The monoisotopic (exact) mass is 434 g/mol. The first-order valence-corrected chi connectivity index (χ1v) is 9.49. The number of ether oxygens (including phenoxy) is 1. The van der Waals surface area contributed by atoms with Crippen molar-refractivity contribution in [2.45, 2.75) is 39.6 Å². The highest BCUT2D eigenvalue weighted by atomic mass is 19.4. The molecule has 3 rings (SSSR count). The van der Waals surface area contributed by atoms with E-state index in [0.29, 0.717) is 22.2 Å². The van der Waals surface area contributed by atoms with E-state index in [2.05, 4.69) is 10.1 Å². The molecule has 0 saturated carbocycles. The number of amides is 1. The number of hydrogen-bond donors (Lipinski definition) is 2. The number of carbonyl (C=O) groups is 2. The lowest BCUT2D eigenvalue weighted by molar-refractivity contribution is -0.274. The molecule has 0 aliphatic carbocycles. The molecule has 2 aromatic carbocycles. The Bertz CT molecular complexity index is 1130. The van der Waals surface area contributed by atoms with E-state index in [9.17, 15) is 27.9 Å². The average molecular weight is 434 g/mol. The van der Waals surface area contributed by atoms with Crippen LogP contribution >= 0.6 is 0 Å². The van der Waals surface area contributed by atoms with Gasteiger partial charge >= 0.3 is 6.36 Å². The molecular weight excluding hydrogens is 413 g/mol. The van der Waals surface area contributed by atoms with Gasteiger partial charge in [0.2, 0.25) is 5.91 Å². The number of rotatable bonds is 5. The summed E-state index contributed by atoms with van der Waals surface area (Å²) in [7, 11) is 0. The lowest BCUT2D eigenvalue weighted by Gasteiger charge is -2.11. The van der Waals surface area contributed by atoms with E-state index in [0.717, 1.165) is 12.1 Å². The first-order valence-electron chi connectivity index (χ1n) is 9.49. The molecule has 3 aromatic rings. The number of phenolic OH excluding ortho intramolecular Hbond substituents is 1. The van der Waals surface area contributed by atoms with Crippen molar-refractivity contribution in [3.8, 4) is 11.5 Å². The number of nitrogens with one attached hydrogen (secondary N) is 1. The van der Waals surface area contributed by atoms with Crippen molar-refractivity contribution in [1.29, 1.82) is 0 Å². The van der Waals surface area contributed by atoms with Crippen LogP contribution in [0.3, 0.4) is 0 Å². The fraction of sp³-hybridized carbons (Fsp3) is 0.273. The van der Waals surface area contributed by atoms with Crippen LogP contribution in [0.4, 0.5) is 13.2 Å². The Hall–Kier alpha value is -3.49. The lowest BCUT2D eigenvalue weighted by atomic mass is 10.1. The maximum atomic E-state index is 13.2. The molecule has 0 unspecified atom stereocenters. The molecule has 0 spiro atoms. The van der Waals surface area contributed by atoms with Gasteiger partial charge < -0.3 is 15.2 Å². The van der Waals surface area contributed by atoms with Gasteiger partial charge in [0.05, 0.1) is 11.9 Å². The van der Waals surface area contributed by atoms with Gasteiger partial charge in [-0.25, -0.2) is 0 Å². The van der Waals surface area contributed by atoms with Gasteiger partial charge in [0, 0.05) is 22.7 Å². The standard InChI is InChI=1S/C22H21F3N2O4/c1-12(2)26-20(29)11-17-13(3)27(19-9-6-15(28)10-18(17)19)21(30)14-4-7-16(8-5-14)31-22(23,24)25/h4-10,12,28H,11H2,1-3H3,(H,26,29). The number of benzene rings is 2. The van der Waals surface area contributed by atoms with Crippen LogP contribution in [0, 0.1) is 6.92 Å². The van der Waals surface area contributed by atoms with Crippen molar-refractivity contribution in [1.82, 2.24) is 9.88 Å². The van der Waals surface area contributed by atoms with E-state index in [-0.39, 0.29) is 29.7 Å². The van der Waals surface area contributed by atoms with Crippen molar-refractivity contribution in [2.24, 2.45) is 0 Å². The van der Waals surface area contributed by atoms with Gasteiger partial charge in [0.1, 0.15) is 11.5 Å². The Kier molecular flexibility index (Phi) is 5.97. The topological polar surface area (TPSA) is 80.6 Å². The summed E-state index contributed by atoms with van der Waals surface area (Å²) < 4.78 is 42.3. The van der Waals surface area contributed by atoms with Crippen molar-refractivity contribution in [3.63, 3.8) is 0 Å². The maximum absolute atomic E-state index is 13.2. The summed E-state index contributed by atoms with van der Waals surface area (Å²) >= 11 is 0. The quantitative estimate of drug-likeness (QED) is 0.627. The molecule has 0 fully saturated rings. The van der Waals surface area contributed by atoms with Crippen LogP contribution in [0.1, 0.15) is 35.5 Å². The normalized spacial score (nSPS) is 11.7. The summed E-state index contributed by atoms with van der Waals surface area (Å²) in [5.41, 5.74) is 1.69. The van der Waals surface area contributed by atoms with E-state index in [1.165, 1.54) is 28.8 Å². The molecule has 1 amide bonds. The molecule has 0 aliphatic heterocycles. The third kappa shape index (κ3) is 4.99. The van der Waals surface area contributed by atoms with Gasteiger partial charge in [-0.2, -0.15) is 0 Å². The summed E-state index contributed by atoms with van der Waals surface area (Å²) in [6.45, 7) is 5.33. The summed E-state index contributed by atoms with van der Waals surface area (Å²) in [6.07, 6.45) is -4.82. The minimum atomic E-state index is -4.83. The first kappa shape index (κ1) is 22.2. The molecule has 0 radical (unpaired) electrons. The number of halogens is 3. The number of alkyl halides is 3. The number of aromatic nitrogens is 1. The predicted molar refractivity (Wildman–Crippen MR) is 108 cm³/mol. The van der Waals surface area contributed by atoms with E-state index in [1.54, 1.807) is 13.0 Å². The molecular formula is C22H21F3N2O4. The second-order valence-electron chi connectivity index (χ2n) is 7.38. The number of phenols is 1. The maximum Gasteiger partial charge on any atom is 0.573 e. The molecule has 2 N–H and O–H groups in total. The summed E-state index contributed by atoms with van der Waals surface area (Å²) in [5, 5.41) is 13.2. The van der Waals surface area contributed by atoms with Gasteiger partial charge in [0.15, 0.2) is 0 Å². The second kappa shape index (κ2) is 8.33. The third-order valence-electron chi connectivity index (χ3n) is 4.64. The largest absolute Gasteiger partial charge is 0.573 e. The highest BCUT2D eigenvalue weighted by molar-refractivity contribution is 6.05. The smallest absolute Gasteiger partial charge is 0.508 e. The van der Waals surface area contributed by atoms with Crippen molar-refractivity contribution in [3.05, 3.63) is 59.3 Å². The van der Waals surface area contributed by atoms with E-state index in [4.69, 9.17) is 0 Å². The molecule has 0 aliphatic rings. The fourth-order valence-electron chi connectivity index (χ4n) is 3.42. The molecule has 0 bridgehead atoms. The minimum Gasteiger partial charge on any atom is -0.508 e. The predicted octanol–water partition coefficient (Wildman–Crippen LogP) is 4.31. The zero-order valence-corrected chi connectivity index (χ0v) is 17.1. The highest BCUT2D eigenvalue weighted by Crippen LogP contribution is 2.31. The number of carbonyl (C=O) groups excluding carboxylic acids is 2. The Morgan fingerprint density at radius 1 is 1.13 bits per heavy atom. The number of aromatic hydroxyl groups is 1. The molecule has 9 heteroatoms. The average Bonchev–Trinajstić information content (AvgIpc) is 2.91. The minimum absolute atomic E-state index is 0.00259. The summed E-state index contributed by atoms with van der Waals surface area (Å²) in [4.78, 5) is 25.5. The zero-order valence-electron chi connectivity index (χ0n) is 17.1. The van der Waals surface area contributed by atoms with Crippen molar-refractivity contribution in [2.75, 3.05) is 0 Å². The zero-order chi connectivity index (χ0) is 22.9. The number of nitrogens with zero attached hydrogens (tertiary/aromatic N) is 1.